The average molecular weight is 445 g/mol. The number of imide groups is 1. The van der Waals surface area contributed by atoms with E-state index in [1.807, 2.05) is 32.0 Å². The fraction of sp³-hybridized carbons (Fsp3) is 0.296. The summed E-state index contributed by atoms with van der Waals surface area (Å²) in [6.07, 6.45) is 1.93. The molecule has 0 unspecified atom stereocenters. The first-order valence-electron chi connectivity index (χ1n) is 11.3. The molecule has 0 saturated carbocycles. The van der Waals surface area contributed by atoms with Crippen LogP contribution in [0.3, 0.4) is 0 Å². The SMILES string of the molecule is CCC(/C=C1/OC(=O)NC1=O)(CC)c1ccc(-c2ccc3cccc(C(C)C)c3c2)[nH]c1=O. The predicted octanol–water partition coefficient (Wildman–Crippen LogP) is 5.53. The maximum atomic E-state index is 13.2. The van der Waals surface area contributed by atoms with Gasteiger partial charge in [-0.05, 0) is 58.9 Å². The summed E-state index contributed by atoms with van der Waals surface area (Å²) in [7, 11) is 0. The Kier molecular flexibility index (Phi) is 5.93. The van der Waals surface area contributed by atoms with Crippen LogP contribution >= 0.6 is 0 Å². The highest BCUT2D eigenvalue weighted by Gasteiger charge is 2.35. The van der Waals surface area contributed by atoms with Crippen molar-refractivity contribution in [3.63, 3.8) is 0 Å². The van der Waals surface area contributed by atoms with Crippen LogP contribution in [-0.4, -0.2) is 17.0 Å². The first kappa shape index (κ1) is 22.5. The monoisotopic (exact) mass is 444 g/mol. The Morgan fingerprint density at radius 1 is 1.00 bits per heavy atom. The average Bonchev–Trinajstić information content (AvgIpc) is 3.12. The molecule has 1 aliphatic heterocycles. The van der Waals surface area contributed by atoms with Crippen molar-refractivity contribution in [2.24, 2.45) is 0 Å². The second-order valence-electron chi connectivity index (χ2n) is 8.77. The molecular formula is C27H28N2O4. The summed E-state index contributed by atoms with van der Waals surface area (Å²) in [5, 5.41) is 4.44. The van der Waals surface area contributed by atoms with Crippen LogP contribution in [0.2, 0.25) is 0 Å². The third-order valence-corrected chi connectivity index (χ3v) is 6.61. The molecule has 0 aliphatic carbocycles. The maximum Gasteiger partial charge on any atom is 0.419 e. The Labute approximate surface area is 192 Å². The number of fused-ring (bicyclic) bond motifs is 1. The van der Waals surface area contributed by atoms with Gasteiger partial charge in [-0.15, -0.1) is 0 Å². The number of H-pyrrole nitrogens is 1. The molecule has 1 aliphatic rings. The number of hydrogen-bond donors (Lipinski definition) is 2. The fourth-order valence-electron chi connectivity index (χ4n) is 4.59. The van der Waals surface area contributed by atoms with Crippen LogP contribution in [0, 0.1) is 0 Å². The number of cyclic esters (lactones) is 1. The number of pyridine rings is 1. The summed E-state index contributed by atoms with van der Waals surface area (Å²) in [5.74, 6) is -0.269. The van der Waals surface area contributed by atoms with Crippen molar-refractivity contribution in [2.75, 3.05) is 0 Å². The number of amides is 2. The number of hydrogen-bond acceptors (Lipinski definition) is 4. The summed E-state index contributed by atoms with van der Waals surface area (Å²) < 4.78 is 5.01. The lowest BCUT2D eigenvalue weighted by Crippen LogP contribution is -2.31. The predicted molar refractivity (Wildman–Crippen MR) is 129 cm³/mol. The number of aromatic amines is 1. The number of benzene rings is 2. The van der Waals surface area contributed by atoms with Crippen LogP contribution in [0.25, 0.3) is 22.0 Å². The third kappa shape index (κ3) is 4.09. The second kappa shape index (κ2) is 8.70. The number of ether oxygens (including phenoxy) is 1. The highest BCUT2D eigenvalue weighted by atomic mass is 16.6. The Morgan fingerprint density at radius 2 is 1.76 bits per heavy atom. The van der Waals surface area contributed by atoms with Crippen molar-refractivity contribution >= 4 is 22.8 Å². The van der Waals surface area contributed by atoms with Crippen LogP contribution in [0.15, 0.2) is 65.2 Å². The first-order valence-corrected chi connectivity index (χ1v) is 11.3. The first-order chi connectivity index (χ1) is 15.8. The highest BCUT2D eigenvalue weighted by Crippen LogP contribution is 2.34. The molecule has 1 saturated heterocycles. The van der Waals surface area contributed by atoms with Crippen molar-refractivity contribution < 1.29 is 14.3 Å². The Morgan fingerprint density at radius 3 is 2.36 bits per heavy atom. The zero-order valence-electron chi connectivity index (χ0n) is 19.3. The van der Waals surface area contributed by atoms with E-state index in [1.54, 1.807) is 6.08 Å². The molecule has 2 heterocycles. The largest absolute Gasteiger partial charge is 0.419 e. The van der Waals surface area contributed by atoms with Gasteiger partial charge >= 0.3 is 6.09 Å². The molecule has 0 atom stereocenters. The highest BCUT2D eigenvalue weighted by molar-refractivity contribution is 6.07. The standard InChI is InChI=1S/C27H28N2O4/c1-5-27(6-2,15-23-25(31)29-26(32)33-23)21-12-13-22(28-24(21)30)18-11-10-17-8-7-9-19(16(3)4)20(17)14-18/h7-16H,5-6H2,1-4H3,(H,28,30)(H,29,31,32)/b23-15+. The van der Waals surface area contributed by atoms with Crippen LogP contribution in [0.4, 0.5) is 4.79 Å². The number of alkyl carbamates (subject to hydrolysis) is 1. The number of carbonyl (C=O) groups excluding carboxylic acids is 2. The third-order valence-electron chi connectivity index (χ3n) is 6.61. The van der Waals surface area contributed by atoms with Gasteiger partial charge in [0, 0.05) is 16.7 Å². The van der Waals surface area contributed by atoms with E-state index >= 15 is 0 Å². The van der Waals surface area contributed by atoms with E-state index in [4.69, 9.17) is 4.74 Å². The maximum absolute atomic E-state index is 13.2. The van der Waals surface area contributed by atoms with Crippen molar-refractivity contribution in [1.82, 2.24) is 10.3 Å². The van der Waals surface area contributed by atoms with Crippen molar-refractivity contribution in [3.8, 4) is 11.3 Å². The molecule has 1 fully saturated rings. The van der Waals surface area contributed by atoms with Crippen molar-refractivity contribution in [3.05, 3.63) is 81.8 Å². The van der Waals surface area contributed by atoms with Gasteiger partial charge in [0.05, 0.1) is 0 Å². The van der Waals surface area contributed by atoms with Gasteiger partial charge in [0.15, 0.2) is 5.76 Å². The molecule has 6 nitrogen and oxygen atoms in total. The molecule has 1 aromatic heterocycles. The fourth-order valence-corrected chi connectivity index (χ4v) is 4.59. The van der Waals surface area contributed by atoms with Crippen LogP contribution in [0.1, 0.15) is 57.6 Å². The Balaban J connectivity index is 1.79. The smallest absolute Gasteiger partial charge is 0.404 e. The van der Waals surface area contributed by atoms with Crippen LogP contribution < -0.4 is 10.9 Å². The zero-order chi connectivity index (χ0) is 23.8. The molecule has 3 aromatic rings. The number of allylic oxidation sites excluding steroid dienone is 1. The van der Waals surface area contributed by atoms with Gasteiger partial charge in [0.2, 0.25) is 0 Å². The number of nitrogens with one attached hydrogen (secondary N) is 2. The number of carbonyl (C=O) groups is 2. The Hall–Kier alpha value is -3.67. The lowest BCUT2D eigenvalue weighted by atomic mass is 9.75. The molecule has 0 bridgehead atoms. The summed E-state index contributed by atoms with van der Waals surface area (Å²) in [5.41, 5.74) is 2.49. The molecule has 170 valence electrons. The topological polar surface area (TPSA) is 88.3 Å². The van der Waals surface area contributed by atoms with Gasteiger partial charge < -0.3 is 9.72 Å². The molecule has 2 N–H and O–H groups in total. The van der Waals surface area contributed by atoms with Crippen LogP contribution in [0.5, 0.6) is 0 Å². The van der Waals surface area contributed by atoms with Gasteiger partial charge in [-0.1, -0.05) is 64.1 Å². The molecule has 2 amide bonds. The summed E-state index contributed by atoms with van der Waals surface area (Å²) >= 11 is 0. The minimum absolute atomic E-state index is 0.0667. The quantitative estimate of drug-likeness (QED) is 0.490. The molecule has 2 aromatic carbocycles. The van der Waals surface area contributed by atoms with E-state index in [9.17, 15) is 14.4 Å². The van der Waals surface area contributed by atoms with Crippen molar-refractivity contribution in [2.45, 2.75) is 51.9 Å². The van der Waals surface area contributed by atoms with Gasteiger partial charge in [-0.25, -0.2) is 4.79 Å². The zero-order valence-corrected chi connectivity index (χ0v) is 19.3. The van der Waals surface area contributed by atoms with E-state index in [2.05, 4.69) is 54.5 Å². The Bertz CT molecular complexity index is 1330. The van der Waals surface area contributed by atoms with Crippen LogP contribution in [-0.2, 0) is 14.9 Å². The van der Waals surface area contributed by atoms with E-state index in [1.165, 1.54) is 10.9 Å². The van der Waals surface area contributed by atoms with E-state index in [0.717, 1.165) is 16.6 Å². The van der Waals surface area contributed by atoms with Crippen molar-refractivity contribution in [1.29, 1.82) is 0 Å². The molecule has 6 heteroatoms. The summed E-state index contributed by atoms with van der Waals surface area (Å²) in [6.45, 7) is 8.23. The van der Waals surface area contributed by atoms with E-state index < -0.39 is 17.4 Å². The van der Waals surface area contributed by atoms with E-state index in [0.29, 0.717) is 24.3 Å². The molecular weight excluding hydrogens is 416 g/mol. The number of rotatable bonds is 6. The lowest BCUT2D eigenvalue weighted by molar-refractivity contribution is -0.116. The molecule has 33 heavy (non-hydrogen) atoms. The normalized spacial score (nSPS) is 15.4. The molecule has 0 spiro atoms. The minimum Gasteiger partial charge on any atom is -0.404 e. The lowest BCUT2D eigenvalue weighted by Gasteiger charge is -2.28. The van der Waals surface area contributed by atoms with Gasteiger partial charge in [-0.3, -0.25) is 14.9 Å². The molecule has 0 radical (unpaired) electrons. The van der Waals surface area contributed by atoms with Gasteiger partial charge in [0.25, 0.3) is 11.5 Å². The minimum atomic E-state index is -0.798. The van der Waals surface area contributed by atoms with Gasteiger partial charge in [-0.2, -0.15) is 0 Å². The molecule has 4 rings (SSSR count). The van der Waals surface area contributed by atoms with E-state index in [-0.39, 0.29) is 11.3 Å². The summed E-state index contributed by atoms with van der Waals surface area (Å²) in [4.78, 5) is 39.7. The summed E-state index contributed by atoms with van der Waals surface area (Å²) in [6, 6.07) is 16.2. The second-order valence-corrected chi connectivity index (χ2v) is 8.77. The number of aromatic nitrogens is 1. The van der Waals surface area contributed by atoms with Gasteiger partial charge in [0.1, 0.15) is 0 Å².